The van der Waals surface area contributed by atoms with E-state index in [2.05, 4.69) is 30.7 Å². The zero-order valence-corrected chi connectivity index (χ0v) is 20.2. The second-order valence-corrected chi connectivity index (χ2v) is 10.8. The van der Waals surface area contributed by atoms with Gasteiger partial charge in [0.05, 0.1) is 4.90 Å². The van der Waals surface area contributed by atoms with Gasteiger partial charge in [0.25, 0.3) is 5.91 Å². The van der Waals surface area contributed by atoms with Gasteiger partial charge >= 0.3 is 0 Å². The number of ether oxygens (including phenoxy) is 1. The first-order valence-corrected chi connectivity index (χ1v) is 12.7. The van der Waals surface area contributed by atoms with Crippen LogP contribution in [0.25, 0.3) is 0 Å². The number of piperidine rings is 1. The number of aryl methyl sites for hydroxylation is 2. The van der Waals surface area contributed by atoms with Gasteiger partial charge in [-0.1, -0.05) is 43.7 Å². The highest BCUT2D eigenvalue weighted by molar-refractivity contribution is 7.89. The minimum atomic E-state index is -3.56. The van der Waals surface area contributed by atoms with Crippen LogP contribution < -0.4 is 9.46 Å². The molecule has 3 rings (SSSR count). The molecule has 174 valence electrons. The molecule has 0 aliphatic carbocycles. The van der Waals surface area contributed by atoms with Gasteiger partial charge in [0.15, 0.2) is 6.61 Å². The van der Waals surface area contributed by atoms with E-state index in [-0.39, 0.29) is 23.3 Å². The van der Waals surface area contributed by atoms with E-state index in [1.54, 1.807) is 29.2 Å². The average Bonchev–Trinajstić information content (AvgIpc) is 2.76. The molecule has 2 aromatic carbocycles. The number of benzene rings is 2. The van der Waals surface area contributed by atoms with Crippen molar-refractivity contribution in [3.8, 4) is 5.75 Å². The number of nitrogens with one attached hydrogen (secondary N) is 1. The number of carbonyl (C=O) groups is 1. The summed E-state index contributed by atoms with van der Waals surface area (Å²) in [5.41, 5.74) is 3.19. The van der Waals surface area contributed by atoms with Crippen molar-refractivity contribution in [2.24, 2.45) is 5.92 Å². The Morgan fingerprint density at radius 3 is 2.50 bits per heavy atom. The first-order chi connectivity index (χ1) is 15.2. The molecule has 1 N–H and O–H groups in total. The Labute approximate surface area is 192 Å². The monoisotopic (exact) mass is 458 g/mol. The van der Waals surface area contributed by atoms with E-state index in [0.29, 0.717) is 25.6 Å². The summed E-state index contributed by atoms with van der Waals surface area (Å²) in [6, 6.07) is 12.9. The third-order valence-electron chi connectivity index (χ3n) is 5.91. The number of nitrogens with zero attached hydrogens (tertiary/aromatic N) is 1. The van der Waals surface area contributed by atoms with Gasteiger partial charge in [-0.25, -0.2) is 13.1 Å². The highest BCUT2D eigenvalue weighted by atomic mass is 32.2. The zero-order valence-electron chi connectivity index (χ0n) is 19.4. The number of likely N-dealkylation sites (tertiary alicyclic amines) is 1. The molecule has 1 saturated heterocycles. The molecule has 1 unspecified atom stereocenters. The number of carbonyl (C=O) groups excluding carboxylic acids is 1. The fourth-order valence-electron chi connectivity index (χ4n) is 3.96. The molecule has 1 aliphatic heterocycles. The lowest BCUT2D eigenvalue weighted by atomic mass is 9.98. The normalized spacial score (nSPS) is 16.9. The first-order valence-electron chi connectivity index (χ1n) is 11.2. The molecule has 1 amide bonds. The minimum absolute atomic E-state index is 0.00894. The van der Waals surface area contributed by atoms with E-state index in [1.807, 2.05) is 19.9 Å². The van der Waals surface area contributed by atoms with Crippen LogP contribution in [0.5, 0.6) is 5.75 Å². The number of rotatable bonds is 8. The van der Waals surface area contributed by atoms with Gasteiger partial charge in [-0.2, -0.15) is 0 Å². The summed E-state index contributed by atoms with van der Waals surface area (Å²) in [7, 11) is -3.56. The molecule has 2 aromatic rings. The summed E-state index contributed by atoms with van der Waals surface area (Å²) in [5.74, 6) is 1.08. The maximum atomic E-state index is 12.8. The smallest absolute Gasteiger partial charge is 0.260 e. The SMILES string of the molecule is Cc1ccc(S(=O)(=O)NCC2CCCN(C(=O)COc3cc(C)ccc3C(C)C)C2)cc1. The van der Waals surface area contributed by atoms with Crippen LogP contribution in [0, 0.1) is 19.8 Å². The second kappa shape index (κ2) is 10.5. The molecule has 32 heavy (non-hydrogen) atoms. The van der Waals surface area contributed by atoms with E-state index in [0.717, 1.165) is 35.3 Å². The van der Waals surface area contributed by atoms with Crippen molar-refractivity contribution >= 4 is 15.9 Å². The molecule has 7 heteroatoms. The summed E-state index contributed by atoms with van der Waals surface area (Å²) < 4.78 is 33.7. The van der Waals surface area contributed by atoms with Crippen LogP contribution >= 0.6 is 0 Å². The number of amides is 1. The maximum absolute atomic E-state index is 12.8. The third-order valence-corrected chi connectivity index (χ3v) is 7.35. The highest BCUT2D eigenvalue weighted by Gasteiger charge is 2.26. The van der Waals surface area contributed by atoms with Crippen LogP contribution in [0.1, 0.15) is 49.3 Å². The molecule has 0 radical (unpaired) electrons. The van der Waals surface area contributed by atoms with Gasteiger partial charge in [0.1, 0.15) is 5.75 Å². The lowest BCUT2D eigenvalue weighted by Crippen LogP contribution is -2.45. The Bertz CT molecular complexity index is 1030. The van der Waals surface area contributed by atoms with Crippen LogP contribution in [0.15, 0.2) is 47.4 Å². The van der Waals surface area contributed by atoms with Crippen molar-refractivity contribution < 1.29 is 17.9 Å². The quantitative estimate of drug-likeness (QED) is 0.648. The number of sulfonamides is 1. The molecule has 1 heterocycles. The largest absolute Gasteiger partial charge is 0.483 e. The lowest BCUT2D eigenvalue weighted by molar-refractivity contribution is -0.135. The van der Waals surface area contributed by atoms with E-state index >= 15 is 0 Å². The molecule has 0 saturated carbocycles. The Morgan fingerprint density at radius 1 is 1.12 bits per heavy atom. The Kier molecular flexibility index (Phi) is 7.96. The molecule has 0 aromatic heterocycles. The number of hydrogen-bond acceptors (Lipinski definition) is 4. The summed E-state index contributed by atoms with van der Waals surface area (Å²) in [6.07, 6.45) is 1.74. The van der Waals surface area contributed by atoms with Crippen molar-refractivity contribution in [2.75, 3.05) is 26.2 Å². The van der Waals surface area contributed by atoms with Crippen molar-refractivity contribution in [3.05, 3.63) is 59.2 Å². The van der Waals surface area contributed by atoms with Crippen LogP contribution in [0.3, 0.4) is 0 Å². The summed E-state index contributed by atoms with van der Waals surface area (Å²) in [5, 5.41) is 0. The van der Waals surface area contributed by atoms with Gasteiger partial charge in [0, 0.05) is 19.6 Å². The summed E-state index contributed by atoms with van der Waals surface area (Å²) >= 11 is 0. The fourth-order valence-corrected chi connectivity index (χ4v) is 5.08. The van der Waals surface area contributed by atoms with Gasteiger partial charge in [0.2, 0.25) is 10.0 Å². The summed E-state index contributed by atoms with van der Waals surface area (Å²) in [4.78, 5) is 14.9. The molecule has 1 aliphatic rings. The van der Waals surface area contributed by atoms with E-state index in [9.17, 15) is 13.2 Å². The molecule has 6 nitrogen and oxygen atoms in total. The molecule has 0 spiro atoms. The minimum Gasteiger partial charge on any atom is -0.483 e. The highest BCUT2D eigenvalue weighted by Crippen LogP contribution is 2.27. The zero-order chi connectivity index (χ0) is 23.3. The van der Waals surface area contributed by atoms with Crippen molar-refractivity contribution in [1.29, 1.82) is 0 Å². The van der Waals surface area contributed by atoms with Crippen LogP contribution in [-0.4, -0.2) is 45.5 Å². The molecule has 0 bridgehead atoms. The van der Waals surface area contributed by atoms with Crippen molar-refractivity contribution in [2.45, 2.75) is 51.3 Å². The first kappa shape index (κ1) is 24.3. The van der Waals surface area contributed by atoms with Gasteiger partial charge in [-0.3, -0.25) is 4.79 Å². The molecule has 1 fully saturated rings. The Balaban J connectivity index is 1.55. The van der Waals surface area contributed by atoms with Gasteiger partial charge < -0.3 is 9.64 Å². The van der Waals surface area contributed by atoms with Crippen LogP contribution in [0.4, 0.5) is 0 Å². The topological polar surface area (TPSA) is 75.7 Å². The van der Waals surface area contributed by atoms with E-state index in [1.165, 1.54) is 0 Å². The number of hydrogen-bond donors (Lipinski definition) is 1. The predicted molar refractivity (Wildman–Crippen MR) is 126 cm³/mol. The average molecular weight is 459 g/mol. The van der Waals surface area contributed by atoms with Crippen molar-refractivity contribution in [3.63, 3.8) is 0 Å². The Hall–Kier alpha value is -2.38. The maximum Gasteiger partial charge on any atom is 0.260 e. The van der Waals surface area contributed by atoms with Gasteiger partial charge in [-0.05, 0) is 67.9 Å². The second-order valence-electron chi connectivity index (χ2n) is 9.00. The third kappa shape index (κ3) is 6.33. The molecule has 1 atom stereocenters. The van der Waals surface area contributed by atoms with Crippen LogP contribution in [-0.2, 0) is 14.8 Å². The summed E-state index contributed by atoms with van der Waals surface area (Å²) in [6.45, 7) is 9.65. The fraction of sp³-hybridized carbons (Fsp3) is 0.480. The van der Waals surface area contributed by atoms with Gasteiger partial charge in [-0.15, -0.1) is 0 Å². The van der Waals surface area contributed by atoms with Crippen LogP contribution in [0.2, 0.25) is 0 Å². The van der Waals surface area contributed by atoms with E-state index < -0.39 is 10.0 Å². The predicted octanol–water partition coefficient (Wildman–Crippen LogP) is 4.02. The standard InChI is InChI=1S/C25H34N2O4S/c1-18(2)23-12-9-20(4)14-24(23)31-17-25(28)27-13-5-6-21(16-27)15-26-32(29,30)22-10-7-19(3)8-11-22/h7-12,14,18,21,26H,5-6,13,15-17H2,1-4H3. The van der Waals surface area contributed by atoms with E-state index in [4.69, 9.17) is 4.74 Å². The molecular weight excluding hydrogens is 424 g/mol. The van der Waals surface area contributed by atoms with Crippen molar-refractivity contribution in [1.82, 2.24) is 9.62 Å². The Morgan fingerprint density at radius 2 is 1.81 bits per heavy atom. The molecular formula is C25H34N2O4S. The lowest BCUT2D eigenvalue weighted by Gasteiger charge is -2.33.